The molecule has 0 radical (unpaired) electrons. The number of carbonyl (C=O) groups is 1. The maximum Gasteiger partial charge on any atom is 0.285 e. The van der Waals surface area contributed by atoms with E-state index in [1.165, 1.54) is 17.9 Å². The molecular formula is C32H39FN2O5S. The van der Waals surface area contributed by atoms with Crippen LogP contribution < -0.4 is 15.8 Å². The maximum absolute atomic E-state index is 14.0. The SMILES string of the molecule is C[C@]12CC(CN)=C(Nc3ccc(F)c(CO)c3)C=C1CC[C@@H]1C2C(O)C[C@@]2(C)C1CC[C@]2(Oc1ccco1)C(=O)S. The molecule has 220 valence electrons. The van der Waals surface area contributed by atoms with Crippen LogP contribution in [0.25, 0.3) is 0 Å². The zero-order chi connectivity index (χ0) is 29.2. The minimum Gasteiger partial charge on any atom is -0.449 e. The zero-order valence-electron chi connectivity index (χ0n) is 23.5. The van der Waals surface area contributed by atoms with Crippen molar-refractivity contribution in [1.29, 1.82) is 0 Å². The van der Waals surface area contributed by atoms with Crippen molar-refractivity contribution in [2.45, 2.75) is 70.7 Å². The fourth-order valence-corrected chi connectivity index (χ4v) is 9.45. The summed E-state index contributed by atoms with van der Waals surface area (Å²) in [6.45, 7) is 4.31. The largest absolute Gasteiger partial charge is 0.449 e. The van der Waals surface area contributed by atoms with Crippen LogP contribution in [0.5, 0.6) is 5.95 Å². The van der Waals surface area contributed by atoms with Crippen molar-refractivity contribution in [2.24, 2.45) is 34.3 Å². The van der Waals surface area contributed by atoms with Gasteiger partial charge in [-0.2, -0.15) is 0 Å². The number of anilines is 1. The van der Waals surface area contributed by atoms with E-state index in [0.29, 0.717) is 37.4 Å². The monoisotopic (exact) mass is 582 g/mol. The van der Waals surface area contributed by atoms with Gasteiger partial charge >= 0.3 is 0 Å². The summed E-state index contributed by atoms with van der Waals surface area (Å²) in [4.78, 5) is 13.2. The van der Waals surface area contributed by atoms with Crippen LogP contribution in [-0.4, -0.2) is 33.6 Å². The Hall–Kier alpha value is -2.59. The molecule has 0 bridgehead atoms. The van der Waals surface area contributed by atoms with Gasteiger partial charge in [0.1, 0.15) is 5.82 Å². The number of rotatable bonds is 7. The number of carbonyl (C=O) groups excluding carboxylic acids is 1. The lowest BCUT2D eigenvalue weighted by Gasteiger charge is -2.60. The Labute approximate surface area is 245 Å². The van der Waals surface area contributed by atoms with Crippen LogP contribution in [0, 0.1) is 34.4 Å². The summed E-state index contributed by atoms with van der Waals surface area (Å²) in [6.07, 6.45) is 7.30. The van der Waals surface area contributed by atoms with E-state index >= 15 is 0 Å². The Morgan fingerprint density at radius 1 is 1.29 bits per heavy atom. The number of nitrogens with two attached hydrogens (primary N) is 1. The molecule has 6 rings (SSSR count). The number of hydrogen-bond donors (Lipinski definition) is 5. The average Bonchev–Trinajstić information content (AvgIpc) is 3.55. The molecule has 7 atom stereocenters. The first-order chi connectivity index (χ1) is 19.6. The lowest BCUT2D eigenvalue weighted by atomic mass is 9.45. The van der Waals surface area contributed by atoms with Crippen molar-refractivity contribution >= 4 is 23.4 Å². The Bertz CT molecular complexity index is 1410. The third-order valence-electron chi connectivity index (χ3n) is 10.9. The average molecular weight is 583 g/mol. The number of nitrogens with one attached hydrogen (secondary N) is 1. The standard InChI is InChI=1S/C32H39FN2O5S/c1-30-14-19(16-34)25(35-21-6-8-24(33)18(12-21)17-36)13-20(30)5-7-22-23-9-10-32(29(38)41,40-27-4-3-11-39-27)31(23,2)15-26(37)28(22)30/h3-4,6,8,11-13,22-23,26,28,35-37H,5,7,9-10,14-17,34H2,1-2H3,(H,38,41)/t22-,23?,26?,28?,30-,31-,32-/m0/s1. The number of thiol groups is 1. The summed E-state index contributed by atoms with van der Waals surface area (Å²) in [7, 11) is 0. The second kappa shape index (κ2) is 10.3. The van der Waals surface area contributed by atoms with Gasteiger partial charge in [0.2, 0.25) is 5.12 Å². The molecule has 1 heterocycles. The number of furan rings is 1. The van der Waals surface area contributed by atoms with Crippen LogP contribution >= 0.6 is 12.6 Å². The van der Waals surface area contributed by atoms with E-state index in [-0.39, 0.29) is 40.5 Å². The van der Waals surface area contributed by atoms with Gasteiger partial charge < -0.3 is 30.4 Å². The van der Waals surface area contributed by atoms with Gasteiger partial charge in [0.25, 0.3) is 5.95 Å². The zero-order valence-corrected chi connectivity index (χ0v) is 24.4. The molecule has 41 heavy (non-hydrogen) atoms. The van der Waals surface area contributed by atoms with Crippen molar-refractivity contribution < 1.29 is 28.6 Å². The lowest BCUT2D eigenvalue weighted by Crippen LogP contribution is -2.62. The van der Waals surface area contributed by atoms with Crippen LogP contribution in [-0.2, 0) is 11.4 Å². The molecule has 0 amide bonds. The lowest BCUT2D eigenvalue weighted by molar-refractivity contribution is -0.169. The molecule has 1 aromatic heterocycles. The van der Waals surface area contributed by atoms with Gasteiger partial charge in [-0.1, -0.05) is 19.4 Å². The molecule has 3 unspecified atom stereocenters. The van der Waals surface area contributed by atoms with Gasteiger partial charge in [-0.15, -0.1) is 12.6 Å². The minimum absolute atomic E-state index is 0.00456. The van der Waals surface area contributed by atoms with E-state index in [1.807, 2.05) is 0 Å². The summed E-state index contributed by atoms with van der Waals surface area (Å²) in [5, 5.41) is 24.5. The predicted octanol–water partition coefficient (Wildman–Crippen LogP) is 5.35. The highest BCUT2D eigenvalue weighted by atomic mass is 32.1. The minimum atomic E-state index is -1.17. The van der Waals surface area contributed by atoms with Crippen molar-refractivity contribution in [3.05, 3.63) is 70.9 Å². The quantitative estimate of drug-likeness (QED) is 0.279. The molecule has 7 nitrogen and oxygen atoms in total. The predicted molar refractivity (Wildman–Crippen MR) is 157 cm³/mol. The molecule has 9 heteroatoms. The second-order valence-corrected chi connectivity index (χ2v) is 13.2. The topological polar surface area (TPSA) is 118 Å². The Morgan fingerprint density at radius 2 is 2.10 bits per heavy atom. The van der Waals surface area contributed by atoms with Gasteiger partial charge in [-0.05, 0) is 97.6 Å². The number of halogens is 1. The normalized spacial score (nSPS) is 36.2. The van der Waals surface area contributed by atoms with E-state index in [2.05, 4.69) is 37.9 Å². The molecule has 3 saturated carbocycles. The van der Waals surface area contributed by atoms with E-state index < -0.39 is 22.9 Å². The highest BCUT2D eigenvalue weighted by Crippen LogP contribution is 2.68. The molecule has 2 aromatic rings. The molecule has 4 aliphatic rings. The van der Waals surface area contributed by atoms with Crippen LogP contribution in [0.15, 0.2) is 63.9 Å². The highest BCUT2D eigenvalue weighted by Gasteiger charge is 2.70. The first-order valence-electron chi connectivity index (χ1n) is 14.5. The van der Waals surface area contributed by atoms with Crippen molar-refractivity contribution in [1.82, 2.24) is 0 Å². The van der Waals surface area contributed by atoms with Crippen LogP contribution in [0.3, 0.4) is 0 Å². The summed E-state index contributed by atoms with van der Waals surface area (Å²) < 4.78 is 25.8. The van der Waals surface area contributed by atoms with Gasteiger partial charge in [0.15, 0.2) is 5.60 Å². The Balaban J connectivity index is 1.31. The Morgan fingerprint density at radius 3 is 2.78 bits per heavy atom. The second-order valence-electron chi connectivity index (χ2n) is 12.8. The molecule has 5 N–H and O–H groups in total. The van der Waals surface area contributed by atoms with Crippen LogP contribution in [0.4, 0.5) is 10.1 Å². The van der Waals surface area contributed by atoms with E-state index in [4.69, 9.17) is 14.9 Å². The summed E-state index contributed by atoms with van der Waals surface area (Å²) in [5.74, 6) is 0.246. The highest BCUT2D eigenvalue weighted by molar-refractivity contribution is 7.96. The number of benzene rings is 1. The van der Waals surface area contributed by atoms with Crippen molar-refractivity contribution in [3.63, 3.8) is 0 Å². The van der Waals surface area contributed by atoms with Gasteiger partial charge in [-0.3, -0.25) is 4.79 Å². The molecule has 0 spiro atoms. The van der Waals surface area contributed by atoms with E-state index in [1.54, 1.807) is 24.3 Å². The molecule has 0 saturated heterocycles. The van der Waals surface area contributed by atoms with Crippen molar-refractivity contribution in [2.75, 3.05) is 11.9 Å². The van der Waals surface area contributed by atoms with Gasteiger partial charge in [0.05, 0.1) is 19.0 Å². The summed E-state index contributed by atoms with van der Waals surface area (Å²) in [6, 6.07) is 8.07. The van der Waals surface area contributed by atoms with Gasteiger partial charge in [-0.25, -0.2) is 4.39 Å². The van der Waals surface area contributed by atoms with E-state index in [0.717, 1.165) is 30.5 Å². The van der Waals surface area contributed by atoms with E-state index in [9.17, 15) is 19.4 Å². The van der Waals surface area contributed by atoms with Crippen LogP contribution in [0.1, 0.15) is 57.9 Å². The van der Waals surface area contributed by atoms with Crippen LogP contribution in [0.2, 0.25) is 0 Å². The number of aliphatic hydroxyl groups is 2. The number of hydrogen-bond acceptors (Lipinski definition) is 7. The number of aliphatic hydroxyl groups excluding tert-OH is 2. The third kappa shape index (κ3) is 4.30. The number of allylic oxidation sites excluding steroid dienone is 2. The van der Waals surface area contributed by atoms with Gasteiger partial charge in [0, 0.05) is 35.0 Å². The molecule has 4 aliphatic carbocycles. The molecule has 3 fully saturated rings. The molecule has 1 aromatic carbocycles. The number of ether oxygens (including phenoxy) is 1. The third-order valence-corrected chi connectivity index (χ3v) is 11.3. The number of fused-ring (bicyclic) bond motifs is 5. The maximum atomic E-state index is 14.0. The summed E-state index contributed by atoms with van der Waals surface area (Å²) in [5.41, 5.74) is 8.36. The fourth-order valence-electron chi connectivity index (χ4n) is 9.04. The Kier molecular flexibility index (Phi) is 7.16. The molecular weight excluding hydrogens is 543 g/mol. The summed E-state index contributed by atoms with van der Waals surface area (Å²) >= 11 is 4.33. The van der Waals surface area contributed by atoms with Crippen molar-refractivity contribution in [3.8, 4) is 5.95 Å². The fraction of sp³-hybridized carbons (Fsp3) is 0.531. The smallest absolute Gasteiger partial charge is 0.285 e. The first-order valence-corrected chi connectivity index (χ1v) is 14.9. The molecule has 0 aliphatic heterocycles. The first kappa shape index (κ1) is 28.5.